The predicted octanol–water partition coefficient (Wildman–Crippen LogP) is 2.11. The summed E-state index contributed by atoms with van der Waals surface area (Å²) in [4.78, 5) is 23.9. The van der Waals surface area contributed by atoms with Gasteiger partial charge in [-0.15, -0.1) is 0 Å². The first-order chi connectivity index (χ1) is 10.8. The molecule has 122 valence electrons. The van der Waals surface area contributed by atoms with Crippen LogP contribution in [0.4, 0.5) is 14.6 Å². The highest BCUT2D eigenvalue weighted by molar-refractivity contribution is 6.01. The van der Waals surface area contributed by atoms with Gasteiger partial charge in [-0.05, 0) is 32.0 Å². The topological polar surface area (TPSA) is 87.2 Å². The number of nitrogens with zero attached hydrogens (tertiary/aromatic N) is 2. The Morgan fingerprint density at radius 3 is 2.65 bits per heavy atom. The lowest BCUT2D eigenvalue weighted by Crippen LogP contribution is -2.17. The fraction of sp³-hybridized carbons (Fsp3) is 0.267. The van der Waals surface area contributed by atoms with E-state index >= 15 is 0 Å². The summed E-state index contributed by atoms with van der Waals surface area (Å²) in [6.45, 7) is 3.12. The molecule has 0 spiro atoms. The number of aryl methyl sites for hydroxylation is 2. The van der Waals surface area contributed by atoms with E-state index in [4.69, 9.17) is 10.5 Å². The highest BCUT2D eigenvalue weighted by Crippen LogP contribution is 2.18. The van der Waals surface area contributed by atoms with Crippen LogP contribution in [0.2, 0.25) is 0 Å². The van der Waals surface area contributed by atoms with E-state index in [0.717, 1.165) is 18.2 Å². The first kappa shape index (κ1) is 16.6. The second-order valence-corrected chi connectivity index (χ2v) is 4.78. The molecule has 23 heavy (non-hydrogen) atoms. The number of ether oxygens (including phenoxy) is 1. The van der Waals surface area contributed by atoms with E-state index in [9.17, 15) is 18.4 Å². The number of benzene rings is 1. The SMILES string of the molecule is CCn1nc(C)c(C(=O)OCC(=O)c2cc(F)ccc2F)c1N. The molecule has 1 aromatic heterocycles. The number of carbonyl (C=O) groups is 2. The average Bonchev–Trinajstić information content (AvgIpc) is 2.81. The van der Waals surface area contributed by atoms with E-state index < -0.39 is 35.6 Å². The number of Topliss-reactive ketones (excluding diaryl/α,β-unsaturated/α-hetero) is 1. The fourth-order valence-corrected chi connectivity index (χ4v) is 2.08. The van der Waals surface area contributed by atoms with Gasteiger partial charge in [0.05, 0.1) is 11.3 Å². The number of aromatic nitrogens is 2. The summed E-state index contributed by atoms with van der Waals surface area (Å²) in [5.41, 5.74) is 5.72. The van der Waals surface area contributed by atoms with Gasteiger partial charge in [0.2, 0.25) is 5.78 Å². The molecule has 0 aliphatic heterocycles. The van der Waals surface area contributed by atoms with Crippen molar-refractivity contribution in [2.45, 2.75) is 20.4 Å². The quantitative estimate of drug-likeness (QED) is 0.672. The Hall–Kier alpha value is -2.77. The summed E-state index contributed by atoms with van der Waals surface area (Å²) in [6.07, 6.45) is 0. The van der Waals surface area contributed by atoms with Gasteiger partial charge in [-0.1, -0.05) is 0 Å². The lowest BCUT2D eigenvalue weighted by atomic mass is 10.1. The van der Waals surface area contributed by atoms with Crippen LogP contribution in [0.3, 0.4) is 0 Å². The zero-order valence-electron chi connectivity index (χ0n) is 12.6. The van der Waals surface area contributed by atoms with E-state index in [-0.39, 0.29) is 11.4 Å². The summed E-state index contributed by atoms with van der Waals surface area (Å²) in [6, 6.07) is 2.47. The molecule has 0 amide bonds. The molecule has 1 aromatic carbocycles. The molecule has 0 fully saturated rings. The Morgan fingerprint density at radius 2 is 2.04 bits per heavy atom. The van der Waals surface area contributed by atoms with E-state index in [2.05, 4.69) is 5.10 Å². The predicted molar refractivity (Wildman–Crippen MR) is 78.0 cm³/mol. The third kappa shape index (κ3) is 3.36. The van der Waals surface area contributed by atoms with Gasteiger partial charge in [0.25, 0.3) is 0 Å². The van der Waals surface area contributed by atoms with Crippen molar-refractivity contribution in [2.75, 3.05) is 12.3 Å². The minimum atomic E-state index is -0.887. The van der Waals surface area contributed by atoms with Crippen molar-refractivity contribution >= 4 is 17.6 Å². The Morgan fingerprint density at radius 1 is 1.35 bits per heavy atom. The van der Waals surface area contributed by atoms with Crippen LogP contribution < -0.4 is 5.73 Å². The number of nitrogens with two attached hydrogens (primary N) is 1. The van der Waals surface area contributed by atoms with E-state index in [1.807, 2.05) is 0 Å². The maximum atomic E-state index is 13.5. The molecule has 8 heteroatoms. The zero-order valence-corrected chi connectivity index (χ0v) is 12.6. The Balaban J connectivity index is 2.12. The van der Waals surface area contributed by atoms with Crippen molar-refractivity contribution in [3.63, 3.8) is 0 Å². The minimum absolute atomic E-state index is 0.0550. The molecule has 2 aromatic rings. The standard InChI is InChI=1S/C15H15F2N3O3/c1-3-20-14(18)13(8(2)19-20)15(22)23-7-12(21)10-6-9(16)4-5-11(10)17/h4-6H,3,7,18H2,1-2H3. The van der Waals surface area contributed by atoms with Crippen molar-refractivity contribution in [1.82, 2.24) is 9.78 Å². The van der Waals surface area contributed by atoms with Crippen LogP contribution in [0.25, 0.3) is 0 Å². The molecule has 2 N–H and O–H groups in total. The maximum Gasteiger partial charge on any atom is 0.344 e. The normalized spacial score (nSPS) is 10.6. The van der Waals surface area contributed by atoms with Gasteiger partial charge in [-0.3, -0.25) is 4.79 Å². The van der Waals surface area contributed by atoms with Crippen molar-refractivity contribution < 1.29 is 23.1 Å². The number of halogens is 2. The highest BCUT2D eigenvalue weighted by Gasteiger charge is 2.22. The Bertz CT molecular complexity index is 772. The lowest BCUT2D eigenvalue weighted by molar-refractivity contribution is 0.0473. The number of anilines is 1. The number of hydrogen-bond acceptors (Lipinski definition) is 5. The third-order valence-corrected chi connectivity index (χ3v) is 3.23. The zero-order chi connectivity index (χ0) is 17.1. The van der Waals surface area contributed by atoms with Gasteiger partial charge in [0.15, 0.2) is 6.61 Å². The fourth-order valence-electron chi connectivity index (χ4n) is 2.08. The molecule has 0 unspecified atom stereocenters. The molecule has 0 radical (unpaired) electrons. The van der Waals surface area contributed by atoms with E-state index in [0.29, 0.717) is 12.2 Å². The first-order valence-electron chi connectivity index (χ1n) is 6.83. The van der Waals surface area contributed by atoms with Crippen molar-refractivity contribution in [3.05, 3.63) is 46.7 Å². The molecule has 0 bridgehead atoms. The monoisotopic (exact) mass is 323 g/mol. The maximum absolute atomic E-state index is 13.5. The number of nitrogen functional groups attached to an aromatic ring is 1. The summed E-state index contributed by atoms with van der Waals surface area (Å²) >= 11 is 0. The summed E-state index contributed by atoms with van der Waals surface area (Å²) < 4.78 is 32.8. The molecule has 1 heterocycles. The number of ketones is 1. The van der Waals surface area contributed by atoms with Crippen LogP contribution in [0.1, 0.15) is 33.3 Å². The van der Waals surface area contributed by atoms with Crippen molar-refractivity contribution in [3.8, 4) is 0 Å². The highest BCUT2D eigenvalue weighted by atomic mass is 19.1. The molecule has 2 rings (SSSR count). The molecule has 0 aliphatic rings. The van der Waals surface area contributed by atoms with Crippen molar-refractivity contribution in [1.29, 1.82) is 0 Å². The van der Waals surface area contributed by atoms with Gasteiger partial charge in [-0.2, -0.15) is 5.10 Å². The van der Waals surface area contributed by atoms with Gasteiger partial charge in [-0.25, -0.2) is 18.3 Å². The van der Waals surface area contributed by atoms with E-state index in [1.165, 1.54) is 4.68 Å². The van der Waals surface area contributed by atoms with Gasteiger partial charge in [0.1, 0.15) is 23.0 Å². The Labute approximate surface area is 130 Å². The van der Waals surface area contributed by atoms with Gasteiger partial charge >= 0.3 is 5.97 Å². The smallest absolute Gasteiger partial charge is 0.344 e. The molecule has 0 saturated carbocycles. The first-order valence-corrected chi connectivity index (χ1v) is 6.83. The Kier molecular flexibility index (Phi) is 4.73. The molecular formula is C15H15F2N3O3. The van der Waals surface area contributed by atoms with Crippen LogP contribution in [0.5, 0.6) is 0 Å². The average molecular weight is 323 g/mol. The summed E-state index contributed by atoms with van der Waals surface area (Å²) in [5.74, 6) is -3.22. The minimum Gasteiger partial charge on any atom is -0.454 e. The molecule has 0 aliphatic carbocycles. The number of esters is 1. The van der Waals surface area contributed by atoms with E-state index in [1.54, 1.807) is 13.8 Å². The third-order valence-electron chi connectivity index (χ3n) is 3.23. The second-order valence-electron chi connectivity index (χ2n) is 4.78. The van der Waals surface area contributed by atoms with Gasteiger partial charge in [0, 0.05) is 6.54 Å². The van der Waals surface area contributed by atoms with Crippen LogP contribution in [-0.2, 0) is 11.3 Å². The summed E-state index contributed by atoms with van der Waals surface area (Å²) in [7, 11) is 0. The second kappa shape index (κ2) is 6.55. The largest absolute Gasteiger partial charge is 0.454 e. The summed E-state index contributed by atoms with van der Waals surface area (Å²) in [5, 5.41) is 4.06. The molecule has 0 atom stereocenters. The number of carbonyl (C=O) groups excluding carboxylic acids is 2. The van der Waals surface area contributed by atoms with Crippen LogP contribution in [0, 0.1) is 18.6 Å². The molecular weight excluding hydrogens is 308 g/mol. The molecule has 6 nitrogen and oxygen atoms in total. The number of hydrogen-bond donors (Lipinski definition) is 1. The molecule has 0 saturated heterocycles. The van der Waals surface area contributed by atoms with Gasteiger partial charge < -0.3 is 10.5 Å². The van der Waals surface area contributed by atoms with Crippen LogP contribution in [0.15, 0.2) is 18.2 Å². The van der Waals surface area contributed by atoms with Crippen LogP contribution in [-0.4, -0.2) is 28.1 Å². The lowest BCUT2D eigenvalue weighted by Gasteiger charge is -2.06. The number of rotatable bonds is 5. The van der Waals surface area contributed by atoms with Crippen molar-refractivity contribution in [2.24, 2.45) is 0 Å². The van der Waals surface area contributed by atoms with Crippen LogP contribution >= 0.6 is 0 Å².